The fourth-order valence-electron chi connectivity index (χ4n) is 5.26. The summed E-state index contributed by atoms with van der Waals surface area (Å²) >= 11 is 0. The molecular weight excluding hydrogens is 806 g/mol. The van der Waals surface area contributed by atoms with Gasteiger partial charge in [-0.25, -0.2) is 9.36 Å². The van der Waals surface area contributed by atoms with Gasteiger partial charge in [-0.15, -0.1) is 0 Å². The van der Waals surface area contributed by atoms with Crippen molar-refractivity contribution in [3.8, 4) is 0 Å². The number of unbranched alkanes of at least 4 members (excludes halogenated alkanes) is 6. The molecular formula is C50H78NO10P. The van der Waals surface area contributed by atoms with Crippen molar-refractivity contribution in [2.24, 2.45) is 0 Å². The van der Waals surface area contributed by atoms with Crippen LogP contribution in [0.2, 0.25) is 0 Å². The molecule has 0 aromatic rings. The van der Waals surface area contributed by atoms with Gasteiger partial charge in [-0.05, 0) is 96.3 Å². The summed E-state index contributed by atoms with van der Waals surface area (Å²) in [7, 11) is -4.80. The van der Waals surface area contributed by atoms with E-state index in [2.05, 4.69) is 122 Å². The lowest BCUT2D eigenvalue weighted by atomic mass is 10.1. The summed E-state index contributed by atoms with van der Waals surface area (Å²) < 4.78 is 26.8. The number of ether oxygens (including phenoxy) is 1. The molecule has 0 aromatic carbocycles. The van der Waals surface area contributed by atoms with Crippen LogP contribution in [0, 0.1) is 0 Å². The number of aliphatic hydroxyl groups is 1. The summed E-state index contributed by atoms with van der Waals surface area (Å²) in [4.78, 5) is 45.9. The molecule has 0 spiro atoms. The maximum absolute atomic E-state index is 12.3. The van der Waals surface area contributed by atoms with Crippen molar-refractivity contribution in [3.05, 3.63) is 122 Å². The zero-order valence-electron chi connectivity index (χ0n) is 37.6. The number of carbonyl (C=O) groups excluding carboxylic acids is 2. The Hall–Kier alpha value is -4.12. The Labute approximate surface area is 373 Å². The van der Waals surface area contributed by atoms with Crippen LogP contribution in [-0.4, -0.2) is 64.9 Å². The fraction of sp³-hybridized carbons (Fsp3) is 0.540. The minimum absolute atomic E-state index is 0.0102. The highest BCUT2D eigenvalue weighted by Crippen LogP contribution is 2.43. The van der Waals surface area contributed by atoms with Crippen molar-refractivity contribution in [2.45, 2.75) is 154 Å². The number of rotatable bonds is 40. The monoisotopic (exact) mass is 884 g/mol. The SMILES string of the molecule is CC/C=C\C/C=C\C/C=C\C/C=C\C/C=C\C/C=C\CCC(=O)NC(COP(=O)(O)OCC(O)COC(=O)CCCCC/C=C\C/C=C\C/C=C\C/C=C\CCCCC)C(=O)O. The highest BCUT2D eigenvalue weighted by atomic mass is 31.2. The highest BCUT2D eigenvalue weighted by Gasteiger charge is 2.28. The zero-order chi connectivity index (χ0) is 45.6. The number of nitrogens with one attached hydrogen (secondary N) is 1. The average molecular weight is 884 g/mol. The Balaban J connectivity index is 4.07. The number of hydrogen-bond acceptors (Lipinski definition) is 8. The molecule has 0 aliphatic heterocycles. The van der Waals surface area contributed by atoms with Crippen molar-refractivity contribution < 1.29 is 47.8 Å². The van der Waals surface area contributed by atoms with Crippen molar-refractivity contribution in [3.63, 3.8) is 0 Å². The molecule has 0 aliphatic carbocycles. The smallest absolute Gasteiger partial charge is 0.472 e. The average Bonchev–Trinajstić information content (AvgIpc) is 3.25. The number of phosphoric ester groups is 1. The first kappa shape index (κ1) is 57.9. The van der Waals surface area contributed by atoms with Gasteiger partial charge >= 0.3 is 19.8 Å². The van der Waals surface area contributed by atoms with E-state index in [-0.39, 0.29) is 12.8 Å². The normalized spacial score (nSPS) is 14.8. The first-order valence-corrected chi connectivity index (χ1v) is 24.1. The van der Waals surface area contributed by atoms with Gasteiger partial charge in [-0.1, -0.05) is 155 Å². The second-order valence-corrected chi connectivity index (χ2v) is 16.0. The molecule has 0 radical (unpaired) electrons. The molecule has 348 valence electrons. The minimum atomic E-state index is -4.80. The molecule has 0 heterocycles. The van der Waals surface area contributed by atoms with Gasteiger partial charge < -0.3 is 25.2 Å². The van der Waals surface area contributed by atoms with E-state index in [1.54, 1.807) is 0 Å². The number of carboxylic acid groups (broad SMARTS) is 1. The standard InChI is InChI=1S/C50H78NO10P/c1-3-5-7-9-11-13-15-17-19-21-23-25-27-29-31-33-35-37-39-41-48(53)51-47(50(55)56)45-61-62(57,58)60-44-46(52)43-59-49(54)42-40-38-36-34-32-30-28-26-24-22-20-18-16-14-12-10-8-6-4-2/h5,7,11-14,17-20,23-26,29-32,35,37,46-47,52H,3-4,6,8-10,15-16,21-22,27-28,33-34,36,38-45H2,1-2H3,(H,51,53)(H,55,56)(H,57,58)/b7-5-,13-11-,14-12-,19-17-,20-18-,25-23-,26-24-,31-29-,32-30-,37-35-. The fourth-order valence-corrected chi connectivity index (χ4v) is 6.03. The van der Waals surface area contributed by atoms with Gasteiger partial charge in [0.15, 0.2) is 6.04 Å². The number of amides is 1. The second-order valence-electron chi connectivity index (χ2n) is 14.5. The van der Waals surface area contributed by atoms with E-state index in [1.165, 1.54) is 25.7 Å². The second kappa shape index (κ2) is 43.5. The predicted octanol–water partition coefficient (Wildman–Crippen LogP) is 12.0. The minimum Gasteiger partial charge on any atom is -0.480 e. The maximum atomic E-state index is 12.3. The molecule has 0 saturated heterocycles. The maximum Gasteiger partial charge on any atom is 0.472 e. The first-order valence-electron chi connectivity index (χ1n) is 22.6. The van der Waals surface area contributed by atoms with Crippen LogP contribution in [0.4, 0.5) is 0 Å². The van der Waals surface area contributed by atoms with Gasteiger partial charge in [0.25, 0.3) is 0 Å². The van der Waals surface area contributed by atoms with Crippen molar-refractivity contribution >= 4 is 25.7 Å². The van der Waals surface area contributed by atoms with Crippen LogP contribution < -0.4 is 5.32 Å². The van der Waals surface area contributed by atoms with Gasteiger partial charge in [0.1, 0.15) is 12.7 Å². The van der Waals surface area contributed by atoms with Crippen molar-refractivity contribution in [1.82, 2.24) is 5.32 Å². The summed E-state index contributed by atoms with van der Waals surface area (Å²) in [6.07, 6.45) is 58.1. The Morgan fingerprint density at radius 1 is 0.532 bits per heavy atom. The lowest BCUT2D eigenvalue weighted by molar-refractivity contribution is -0.147. The Morgan fingerprint density at radius 3 is 1.40 bits per heavy atom. The van der Waals surface area contributed by atoms with Gasteiger partial charge in [0.2, 0.25) is 5.91 Å². The van der Waals surface area contributed by atoms with E-state index < -0.39 is 57.6 Å². The van der Waals surface area contributed by atoms with E-state index in [9.17, 15) is 34.1 Å². The molecule has 0 bridgehead atoms. The van der Waals surface area contributed by atoms with Crippen LogP contribution in [0.25, 0.3) is 0 Å². The molecule has 62 heavy (non-hydrogen) atoms. The van der Waals surface area contributed by atoms with Crippen LogP contribution in [-0.2, 0) is 32.7 Å². The molecule has 0 rings (SSSR count). The molecule has 11 nitrogen and oxygen atoms in total. The number of esters is 1. The molecule has 3 unspecified atom stereocenters. The summed E-state index contributed by atoms with van der Waals surface area (Å²) in [5.74, 6) is -2.54. The van der Waals surface area contributed by atoms with Gasteiger partial charge in [-0.2, -0.15) is 0 Å². The Bertz CT molecular complexity index is 1500. The van der Waals surface area contributed by atoms with E-state index in [4.69, 9.17) is 13.8 Å². The Morgan fingerprint density at radius 2 is 0.952 bits per heavy atom. The van der Waals surface area contributed by atoms with E-state index >= 15 is 0 Å². The van der Waals surface area contributed by atoms with Gasteiger partial charge in [0.05, 0.1) is 13.2 Å². The quantitative estimate of drug-likeness (QED) is 0.0201. The van der Waals surface area contributed by atoms with Crippen LogP contribution in [0.5, 0.6) is 0 Å². The highest BCUT2D eigenvalue weighted by molar-refractivity contribution is 7.47. The van der Waals surface area contributed by atoms with E-state index in [0.29, 0.717) is 19.3 Å². The third kappa shape index (κ3) is 42.6. The molecule has 3 atom stereocenters. The molecule has 0 aliphatic rings. The van der Waals surface area contributed by atoms with Crippen molar-refractivity contribution in [2.75, 3.05) is 19.8 Å². The van der Waals surface area contributed by atoms with Gasteiger partial charge in [-0.3, -0.25) is 18.6 Å². The number of carbonyl (C=O) groups is 3. The molecule has 12 heteroatoms. The van der Waals surface area contributed by atoms with Crippen LogP contribution in [0.1, 0.15) is 142 Å². The third-order valence-corrected chi connectivity index (χ3v) is 9.70. The largest absolute Gasteiger partial charge is 0.480 e. The van der Waals surface area contributed by atoms with Gasteiger partial charge in [0, 0.05) is 12.8 Å². The third-order valence-electron chi connectivity index (χ3n) is 8.75. The molecule has 0 saturated carbocycles. The first-order chi connectivity index (χ1) is 30.1. The van der Waals surface area contributed by atoms with Crippen LogP contribution >= 0.6 is 7.82 Å². The van der Waals surface area contributed by atoms with E-state index in [1.807, 2.05) is 18.2 Å². The predicted molar refractivity (Wildman–Crippen MR) is 253 cm³/mol. The molecule has 0 aromatic heterocycles. The lowest BCUT2D eigenvalue weighted by Gasteiger charge is -2.18. The van der Waals surface area contributed by atoms with Crippen LogP contribution in [0.3, 0.4) is 0 Å². The summed E-state index contributed by atoms with van der Waals surface area (Å²) in [5.41, 5.74) is 0. The molecule has 4 N–H and O–H groups in total. The molecule has 0 fully saturated rings. The number of aliphatic carboxylic acids is 1. The Kier molecular flexibility index (Phi) is 40.6. The van der Waals surface area contributed by atoms with Crippen molar-refractivity contribution in [1.29, 1.82) is 0 Å². The topological polar surface area (TPSA) is 169 Å². The van der Waals surface area contributed by atoms with E-state index in [0.717, 1.165) is 70.6 Å². The lowest BCUT2D eigenvalue weighted by Crippen LogP contribution is -2.43. The summed E-state index contributed by atoms with van der Waals surface area (Å²) in [5, 5.41) is 21.8. The number of carboxylic acids is 1. The summed E-state index contributed by atoms with van der Waals surface area (Å²) in [6, 6.07) is -1.60. The van der Waals surface area contributed by atoms with Crippen LogP contribution in [0.15, 0.2) is 122 Å². The number of aliphatic hydroxyl groups excluding tert-OH is 1. The number of phosphoric acid groups is 1. The molecule has 1 amide bonds. The number of allylic oxidation sites excluding steroid dienone is 20. The number of hydrogen-bond donors (Lipinski definition) is 4. The summed E-state index contributed by atoms with van der Waals surface area (Å²) in [6.45, 7) is 2.34. The zero-order valence-corrected chi connectivity index (χ0v) is 38.5.